The van der Waals surface area contributed by atoms with Crippen molar-refractivity contribution in [3.05, 3.63) is 18.0 Å². The second-order valence-electron chi connectivity index (χ2n) is 5.26. The number of aromatic nitrogens is 2. The first-order valence-electron chi connectivity index (χ1n) is 6.80. The van der Waals surface area contributed by atoms with E-state index in [1.165, 1.54) is 12.0 Å². The minimum atomic E-state index is 0.705. The monoisotopic (exact) mass is 253 g/mol. The minimum Gasteiger partial charge on any atom is -0.383 e. The molecular formula is C14H27N3O. The molecule has 4 nitrogen and oxygen atoms in total. The third-order valence-corrected chi connectivity index (χ3v) is 3.39. The van der Waals surface area contributed by atoms with Gasteiger partial charge in [0.15, 0.2) is 0 Å². The molecule has 0 aliphatic rings. The number of hydrogen-bond donors (Lipinski definition) is 1. The predicted molar refractivity (Wildman–Crippen MR) is 74.6 cm³/mol. The summed E-state index contributed by atoms with van der Waals surface area (Å²) in [6.45, 7) is 7.39. The smallest absolute Gasteiger partial charge is 0.0587 e. The van der Waals surface area contributed by atoms with Crippen molar-refractivity contribution in [3.8, 4) is 0 Å². The lowest BCUT2D eigenvalue weighted by Gasteiger charge is -2.21. The lowest BCUT2D eigenvalue weighted by molar-refractivity contribution is 0.195. The molecule has 1 aromatic heterocycles. The van der Waals surface area contributed by atoms with Gasteiger partial charge in [0.2, 0.25) is 0 Å². The van der Waals surface area contributed by atoms with Gasteiger partial charge in [-0.05, 0) is 36.8 Å². The second kappa shape index (κ2) is 8.27. The van der Waals surface area contributed by atoms with Crippen LogP contribution >= 0.6 is 0 Å². The summed E-state index contributed by atoms with van der Waals surface area (Å²) < 4.78 is 6.91. The van der Waals surface area contributed by atoms with Crippen molar-refractivity contribution in [1.82, 2.24) is 15.1 Å². The summed E-state index contributed by atoms with van der Waals surface area (Å²) in [5, 5.41) is 7.67. The topological polar surface area (TPSA) is 39.1 Å². The summed E-state index contributed by atoms with van der Waals surface area (Å²) >= 11 is 0. The van der Waals surface area contributed by atoms with Gasteiger partial charge in [0, 0.05) is 26.9 Å². The number of hydrogen-bond acceptors (Lipinski definition) is 3. The number of ether oxygens (including phenoxy) is 1. The average Bonchev–Trinajstić information content (AvgIpc) is 2.73. The Labute approximate surface area is 111 Å². The van der Waals surface area contributed by atoms with Crippen LogP contribution in [0.4, 0.5) is 0 Å². The third kappa shape index (κ3) is 5.65. The Morgan fingerprint density at radius 3 is 2.78 bits per heavy atom. The van der Waals surface area contributed by atoms with Crippen LogP contribution in [0.25, 0.3) is 0 Å². The zero-order valence-corrected chi connectivity index (χ0v) is 12.1. The normalized spacial score (nSPS) is 13.2. The molecule has 0 aliphatic carbocycles. The zero-order chi connectivity index (χ0) is 13.4. The quantitative estimate of drug-likeness (QED) is 0.683. The van der Waals surface area contributed by atoms with E-state index >= 15 is 0 Å². The van der Waals surface area contributed by atoms with Gasteiger partial charge in [-0.2, -0.15) is 5.10 Å². The molecule has 0 aliphatic heterocycles. The van der Waals surface area contributed by atoms with Gasteiger partial charge >= 0.3 is 0 Å². The zero-order valence-electron chi connectivity index (χ0n) is 12.1. The lowest BCUT2D eigenvalue weighted by atomic mass is 9.90. The van der Waals surface area contributed by atoms with Gasteiger partial charge in [0.1, 0.15) is 0 Å². The van der Waals surface area contributed by atoms with E-state index < -0.39 is 0 Å². The number of rotatable bonds is 9. The van der Waals surface area contributed by atoms with Crippen molar-refractivity contribution in [2.75, 3.05) is 26.8 Å². The van der Waals surface area contributed by atoms with Crippen LogP contribution in [0, 0.1) is 11.8 Å². The molecule has 0 aromatic carbocycles. The number of aryl methyl sites for hydroxylation is 2. The van der Waals surface area contributed by atoms with E-state index in [1.54, 1.807) is 7.11 Å². The molecule has 1 aromatic rings. The molecule has 0 fully saturated rings. The maximum atomic E-state index is 5.04. The highest BCUT2D eigenvalue weighted by molar-refractivity contribution is 5.03. The Morgan fingerprint density at radius 1 is 1.44 bits per heavy atom. The molecule has 0 spiro atoms. The Kier molecular flexibility index (Phi) is 6.98. The van der Waals surface area contributed by atoms with E-state index in [9.17, 15) is 0 Å². The molecule has 1 heterocycles. The van der Waals surface area contributed by atoms with Gasteiger partial charge in [-0.25, -0.2) is 0 Å². The third-order valence-electron chi connectivity index (χ3n) is 3.39. The first-order valence-corrected chi connectivity index (χ1v) is 6.80. The molecule has 1 atom stereocenters. The minimum absolute atomic E-state index is 0.705. The van der Waals surface area contributed by atoms with Gasteiger partial charge in [-0.3, -0.25) is 4.68 Å². The highest BCUT2D eigenvalue weighted by atomic mass is 16.5. The molecule has 0 saturated heterocycles. The number of nitrogens with zero attached hydrogens (tertiary/aromatic N) is 2. The van der Waals surface area contributed by atoms with Crippen LogP contribution in [-0.4, -0.2) is 36.6 Å². The van der Waals surface area contributed by atoms with Gasteiger partial charge in [-0.15, -0.1) is 0 Å². The maximum Gasteiger partial charge on any atom is 0.0587 e. The molecule has 1 N–H and O–H groups in total. The van der Waals surface area contributed by atoms with Gasteiger partial charge in [0.25, 0.3) is 0 Å². The second-order valence-corrected chi connectivity index (χ2v) is 5.26. The standard InChI is InChI=1S/C14H27N3O/c1-12(2)14(10-15-7-8-18-4)6-5-13-9-16-17(3)11-13/h9,11-12,14-15H,5-8,10H2,1-4H3. The van der Waals surface area contributed by atoms with Crippen LogP contribution in [0.3, 0.4) is 0 Å². The fourth-order valence-electron chi connectivity index (χ4n) is 2.09. The summed E-state index contributed by atoms with van der Waals surface area (Å²) in [6.07, 6.45) is 6.40. The largest absolute Gasteiger partial charge is 0.383 e. The summed E-state index contributed by atoms with van der Waals surface area (Å²) in [6, 6.07) is 0. The van der Waals surface area contributed by atoms with Crippen LogP contribution in [0.2, 0.25) is 0 Å². The highest BCUT2D eigenvalue weighted by Gasteiger charge is 2.13. The fraction of sp³-hybridized carbons (Fsp3) is 0.786. The van der Waals surface area contributed by atoms with Crippen molar-refractivity contribution in [3.63, 3.8) is 0 Å². The molecule has 1 rings (SSSR count). The lowest BCUT2D eigenvalue weighted by Crippen LogP contribution is -2.29. The van der Waals surface area contributed by atoms with Crippen molar-refractivity contribution in [2.24, 2.45) is 18.9 Å². The number of methoxy groups -OCH3 is 1. The average molecular weight is 253 g/mol. The van der Waals surface area contributed by atoms with E-state index in [-0.39, 0.29) is 0 Å². The van der Waals surface area contributed by atoms with E-state index in [0.29, 0.717) is 11.8 Å². The van der Waals surface area contributed by atoms with Crippen LogP contribution in [0.5, 0.6) is 0 Å². The van der Waals surface area contributed by atoms with Crippen molar-refractivity contribution in [2.45, 2.75) is 26.7 Å². The van der Waals surface area contributed by atoms with Crippen LogP contribution in [0.1, 0.15) is 25.8 Å². The molecule has 0 bridgehead atoms. The van der Waals surface area contributed by atoms with Crippen LogP contribution in [-0.2, 0) is 18.2 Å². The van der Waals surface area contributed by atoms with Crippen LogP contribution in [0.15, 0.2) is 12.4 Å². The summed E-state index contributed by atoms with van der Waals surface area (Å²) in [4.78, 5) is 0. The van der Waals surface area contributed by atoms with Crippen molar-refractivity contribution < 1.29 is 4.74 Å². The maximum absolute atomic E-state index is 5.04. The fourth-order valence-corrected chi connectivity index (χ4v) is 2.09. The molecule has 1 unspecified atom stereocenters. The van der Waals surface area contributed by atoms with Gasteiger partial charge in [0.05, 0.1) is 12.8 Å². The first-order chi connectivity index (χ1) is 8.63. The molecule has 0 amide bonds. The summed E-state index contributed by atoms with van der Waals surface area (Å²) in [5.41, 5.74) is 1.33. The molecule has 0 radical (unpaired) electrons. The summed E-state index contributed by atoms with van der Waals surface area (Å²) in [7, 11) is 3.71. The van der Waals surface area contributed by atoms with Crippen LogP contribution < -0.4 is 5.32 Å². The Bertz CT molecular complexity index is 323. The van der Waals surface area contributed by atoms with E-state index in [0.717, 1.165) is 26.1 Å². The molecule has 104 valence electrons. The van der Waals surface area contributed by atoms with E-state index in [2.05, 4.69) is 30.5 Å². The Balaban J connectivity index is 2.29. The predicted octanol–water partition coefficient (Wildman–Crippen LogP) is 1.86. The van der Waals surface area contributed by atoms with Gasteiger partial charge < -0.3 is 10.1 Å². The first kappa shape index (κ1) is 15.2. The Morgan fingerprint density at radius 2 is 2.22 bits per heavy atom. The highest BCUT2D eigenvalue weighted by Crippen LogP contribution is 2.17. The Hall–Kier alpha value is -0.870. The molecule has 18 heavy (non-hydrogen) atoms. The molecule has 4 heteroatoms. The number of nitrogens with one attached hydrogen (secondary N) is 1. The molecular weight excluding hydrogens is 226 g/mol. The van der Waals surface area contributed by atoms with E-state index in [4.69, 9.17) is 4.74 Å². The van der Waals surface area contributed by atoms with Crippen molar-refractivity contribution in [1.29, 1.82) is 0 Å². The SMILES string of the molecule is COCCNCC(CCc1cnn(C)c1)C(C)C. The van der Waals surface area contributed by atoms with Gasteiger partial charge in [-0.1, -0.05) is 13.8 Å². The van der Waals surface area contributed by atoms with E-state index in [1.807, 2.05) is 17.9 Å². The van der Waals surface area contributed by atoms with Crippen molar-refractivity contribution >= 4 is 0 Å². The molecule has 0 saturated carbocycles. The summed E-state index contributed by atoms with van der Waals surface area (Å²) in [5.74, 6) is 1.42.